The molecule has 0 spiro atoms. The standard InChI is InChI=1S/C10H11F2N/c1-2-10-7-4-9(12)8(11)3-6(7)5-13-10/h3-4,10,13H,2,5H2,1H3. The van der Waals surface area contributed by atoms with Crippen molar-refractivity contribution in [2.75, 3.05) is 0 Å². The molecule has 0 bridgehead atoms. The molecule has 0 aliphatic carbocycles. The van der Waals surface area contributed by atoms with Gasteiger partial charge < -0.3 is 5.32 Å². The van der Waals surface area contributed by atoms with Gasteiger partial charge in [0.1, 0.15) is 0 Å². The number of rotatable bonds is 1. The highest BCUT2D eigenvalue weighted by Crippen LogP contribution is 2.29. The maximum Gasteiger partial charge on any atom is 0.159 e. The quantitative estimate of drug-likeness (QED) is 0.705. The first-order valence-electron chi connectivity index (χ1n) is 4.43. The van der Waals surface area contributed by atoms with E-state index in [9.17, 15) is 8.78 Å². The van der Waals surface area contributed by atoms with Gasteiger partial charge in [0.05, 0.1) is 0 Å². The zero-order chi connectivity index (χ0) is 9.42. The van der Waals surface area contributed by atoms with Crippen LogP contribution in [0.5, 0.6) is 0 Å². The van der Waals surface area contributed by atoms with Crippen LogP contribution in [-0.4, -0.2) is 0 Å². The van der Waals surface area contributed by atoms with E-state index in [0.717, 1.165) is 17.5 Å². The molecule has 1 atom stereocenters. The van der Waals surface area contributed by atoms with Crippen LogP contribution in [0.25, 0.3) is 0 Å². The molecule has 1 nitrogen and oxygen atoms in total. The van der Waals surface area contributed by atoms with E-state index in [1.54, 1.807) is 0 Å². The molecule has 0 saturated carbocycles. The van der Waals surface area contributed by atoms with Gasteiger partial charge in [0.25, 0.3) is 0 Å². The molecule has 1 aromatic rings. The molecular weight excluding hydrogens is 172 g/mol. The third-order valence-electron chi connectivity index (χ3n) is 2.50. The van der Waals surface area contributed by atoms with Gasteiger partial charge in [-0.3, -0.25) is 0 Å². The van der Waals surface area contributed by atoms with Crippen molar-refractivity contribution in [3.8, 4) is 0 Å². The van der Waals surface area contributed by atoms with Crippen LogP contribution in [0.15, 0.2) is 12.1 Å². The SMILES string of the molecule is CCC1NCc2cc(F)c(F)cc21. The molecule has 0 saturated heterocycles. The average molecular weight is 183 g/mol. The molecule has 3 heteroatoms. The van der Waals surface area contributed by atoms with Crippen molar-refractivity contribution >= 4 is 0 Å². The zero-order valence-electron chi connectivity index (χ0n) is 7.40. The van der Waals surface area contributed by atoms with Crippen LogP contribution < -0.4 is 5.32 Å². The molecule has 0 radical (unpaired) electrons. The van der Waals surface area contributed by atoms with E-state index >= 15 is 0 Å². The van der Waals surface area contributed by atoms with Crippen molar-refractivity contribution in [3.05, 3.63) is 34.9 Å². The molecule has 70 valence electrons. The van der Waals surface area contributed by atoms with Gasteiger partial charge in [-0.25, -0.2) is 8.78 Å². The van der Waals surface area contributed by atoms with E-state index in [2.05, 4.69) is 5.32 Å². The number of hydrogen-bond acceptors (Lipinski definition) is 1. The first-order valence-corrected chi connectivity index (χ1v) is 4.43. The Morgan fingerprint density at radius 1 is 1.38 bits per heavy atom. The Kier molecular flexibility index (Phi) is 2.04. The number of nitrogens with one attached hydrogen (secondary N) is 1. The Hall–Kier alpha value is -0.960. The van der Waals surface area contributed by atoms with Gasteiger partial charge >= 0.3 is 0 Å². The van der Waals surface area contributed by atoms with Crippen molar-refractivity contribution in [2.24, 2.45) is 0 Å². The summed E-state index contributed by atoms with van der Waals surface area (Å²) in [4.78, 5) is 0. The highest BCUT2D eigenvalue weighted by molar-refractivity contribution is 5.34. The Morgan fingerprint density at radius 3 is 2.77 bits per heavy atom. The van der Waals surface area contributed by atoms with Gasteiger partial charge in [0.2, 0.25) is 0 Å². The Labute approximate surface area is 75.8 Å². The second-order valence-corrected chi connectivity index (χ2v) is 3.31. The van der Waals surface area contributed by atoms with Crippen molar-refractivity contribution in [1.29, 1.82) is 0 Å². The average Bonchev–Trinajstić information content (AvgIpc) is 2.48. The van der Waals surface area contributed by atoms with E-state index in [-0.39, 0.29) is 6.04 Å². The fourth-order valence-electron chi connectivity index (χ4n) is 1.79. The molecule has 0 amide bonds. The van der Waals surface area contributed by atoms with Crippen LogP contribution in [0.2, 0.25) is 0 Å². The summed E-state index contributed by atoms with van der Waals surface area (Å²) >= 11 is 0. The first kappa shape index (κ1) is 8.63. The molecule has 1 aromatic carbocycles. The Balaban J connectivity index is 2.47. The summed E-state index contributed by atoms with van der Waals surface area (Å²) in [6.07, 6.45) is 0.901. The normalized spacial score (nSPS) is 20.4. The van der Waals surface area contributed by atoms with Crippen molar-refractivity contribution in [1.82, 2.24) is 5.32 Å². The monoisotopic (exact) mass is 183 g/mol. The minimum Gasteiger partial charge on any atom is -0.306 e. The van der Waals surface area contributed by atoms with Crippen LogP contribution in [0.3, 0.4) is 0 Å². The highest BCUT2D eigenvalue weighted by atomic mass is 19.2. The number of benzene rings is 1. The number of halogens is 2. The second-order valence-electron chi connectivity index (χ2n) is 3.31. The van der Waals surface area contributed by atoms with Gasteiger partial charge in [-0.05, 0) is 29.7 Å². The second kappa shape index (κ2) is 3.07. The van der Waals surface area contributed by atoms with Crippen molar-refractivity contribution < 1.29 is 8.78 Å². The molecule has 1 aliphatic rings. The van der Waals surface area contributed by atoms with Crippen LogP contribution in [0.1, 0.15) is 30.5 Å². The largest absolute Gasteiger partial charge is 0.306 e. The van der Waals surface area contributed by atoms with Gasteiger partial charge in [-0.15, -0.1) is 0 Å². The predicted molar refractivity (Wildman–Crippen MR) is 46.2 cm³/mol. The fourth-order valence-corrected chi connectivity index (χ4v) is 1.79. The first-order chi connectivity index (χ1) is 6.22. The van der Waals surface area contributed by atoms with Crippen LogP contribution in [0, 0.1) is 11.6 Å². The lowest BCUT2D eigenvalue weighted by Crippen LogP contribution is -2.10. The zero-order valence-corrected chi connectivity index (χ0v) is 7.40. The molecular formula is C10H11F2N. The van der Waals surface area contributed by atoms with Gasteiger partial charge in [0.15, 0.2) is 11.6 Å². The summed E-state index contributed by atoms with van der Waals surface area (Å²) in [5.41, 5.74) is 1.78. The molecule has 1 aliphatic heterocycles. The van der Waals surface area contributed by atoms with Crippen LogP contribution >= 0.6 is 0 Å². The van der Waals surface area contributed by atoms with E-state index in [1.165, 1.54) is 12.1 Å². The van der Waals surface area contributed by atoms with Crippen LogP contribution in [0.4, 0.5) is 8.78 Å². The number of fused-ring (bicyclic) bond motifs is 1. The summed E-state index contributed by atoms with van der Waals surface area (Å²) in [6.45, 7) is 2.67. The van der Waals surface area contributed by atoms with Crippen LogP contribution in [-0.2, 0) is 6.54 Å². The summed E-state index contributed by atoms with van der Waals surface area (Å²) in [6, 6.07) is 2.77. The maximum absolute atomic E-state index is 12.9. The summed E-state index contributed by atoms with van der Waals surface area (Å²) in [7, 11) is 0. The smallest absolute Gasteiger partial charge is 0.159 e. The fraction of sp³-hybridized carbons (Fsp3) is 0.400. The molecule has 1 N–H and O–H groups in total. The van der Waals surface area contributed by atoms with Gasteiger partial charge in [-0.1, -0.05) is 6.92 Å². The lowest BCUT2D eigenvalue weighted by Gasteiger charge is -2.08. The molecule has 13 heavy (non-hydrogen) atoms. The lowest BCUT2D eigenvalue weighted by molar-refractivity contribution is 0.505. The van der Waals surface area contributed by atoms with Gasteiger partial charge in [0, 0.05) is 12.6 Å². The van der Waals surface area contributed by atoms with E-state index < -0.39 is 11.6 Å². The van der Waals surface area contributed by atoms with E-state index in [0.29, 0.717) is 6.54 Å². The summed E-state index contributed by atoms with van der Waals surface area (Å²) in [5, 5.41) is 3.19. The molecule has 0 aromatic heterocycles. The molecule has 2 rings (SSSR count). The lowest BCUT2D eigenvalue weighted by atomic mass is 10.0. The molecule has 1 unspecified atom stereocenters. The Bertz CT molecular complexity index is 336. The number of hydrogen-bond donors (Lipinski definition) is 1. The summed E-state index contributed by atoms with van der Waals surface area (Å²) in [5.74, 6) is -1.50. The van der Waals surface area contributed by atoms with E-state index in [4.69, 9.17) is 0 Å². The van der Waals surface area contributed by atoms with E-state index in [1.807, 2.05) is 6.92 Å². The van der Waals surface area contributed by atoms with Crippen molar-refractivity contribution in [2.45, 2.75) is 25.9 Å². The predicted octanol–water partition coefficient (Wildman–Crippen LogP) is 2.52. The minimum absolute atomic E-state index is 0.185. The minimum atomic E-state index is -0.752. The third-order valence-corrected chi connectivity index (χ3v) is 2.50. The highest BCUT2D eigenvalue weighted by Gasteiger charge is 2.22. The van der Waals surface area contributed by atoms with Gasteiger partial charge in [-0.2, -0.15) is 0 Å². The maximum atomic E-state index is 12.9. The molecule has 1 heterocycles. The Morgan fingerprint density at radius 2 is 2.08 bits per heavy atom. The third kappa shape index (κ3) is 1.33. The topological polar surface area (TPSA) is 12.0 Å². The molecule has 0 fully saturated rings. The summed E-state index contributed by atoms with van der Waals surface area (Å²) < 4.78 is 25.7. The van der Waals surface area contributed by atoms with Crippen molar-refractivity contribution in [3.63, 3.8) is 0 Å².